The Hall–Kier alpha value is -1.11. The maximum atomic E-state index is 11.9. The lowest BCUT2D eigenvalue weighted by Gasteiger charge is -2.11. The van der Waals surface area contributed by atoms with Crippen LogP contribution in [0.5, 0.6) is 5.75 Å². The molecule has 7 heteroatoms. The molecule has 3 nitrogen and oxygen atoms in total. The fourth-order valence-corrected chi connectivity index (χ4v) is 1.17. The molecule has 0 aliphatic carbocycles. The minimum atomic E-state index is -4.84. The summed E-state index contributed by atoms with van der Waals surface area (Å²) in [6.07, 6.45) is -3.39. The largest absolute Gasteiger partial charge is 0.573 e. The predicted octanol–water partition coefficient (Wildman–Crippen LogP) is 2.56. The Labute approximate surface area is 85.0 Å². The lowest BCUT2D eigenvalue weighted by molar-refractivity contribution is -0.275. The molecule has 0 saturated heterocycles. The summed E-state index contributed by atoms with van der Waals surface area (Å²) in [6.45, 7) is 0. The molecule has 1 aromatic heterocycles. The van der Waals surface area contributed by atoms with Gasteiger partial charge in [0.25, 0.3) is 0 Å². The molecule has 1 aromatic rings. The van der Waals surface area contributed by atoms with Crippen molar-refractivity contribution in [2.45, 2.75) is 6.36 Å². The van der Waals surface area contributed by atoms with Gasteiger partial charge in [0.05, 0.1) is 5.56 Å². The number of rotatable bonds is 2. The number of pyridine rings is 1. The van der Waals surface area contributed by atoms with Gasteiger partial charge in [0.15, 0.2) is 12.0 Å². The average molecular weight is 270 g/mol. The molecule has 0 aliphatic rings. The number of hydrogen-bond donors (Lipinski definition) is 0. The van der Waals surface area contributed by atoms with Gasteiger partial charge >= 0.3 is 6.36 Å². The second-order valence-corrected chi connectivity index (χ2v) is 2.94. The highest BCUT2D eigenvalue weighted by Gasteiger charge is 2.33. The summed E-state index contributed by atoms with van der Waals surface area (Å²) in [6, 6.07) is 1.12. The predicted molar refractivity (Wildman–Crippen MR) is 44.0 cm³/mol. The fourth-order valence-electron chi connectivity index (χ4n) is 0.746. The Kier molecular flexibility index (Phi) is 3.10. The van der Waals surface area contributed by atoms with Crippen molar-refractivity contribution in [1.82, 2.24) is 4.98 Å². The van der Waals surface area contributed by atoms with Crippen LogP contribution in [-0.2, 0) is 0 Å². The van der Waals surface area contributed by atoms with Crippen LogP contribution >= 0.6 is 15.9 Å². The first-order chi connectivity index (χ1) is 6.44. The third kappa shape index (κ3) is 2.69. The number of aldehydes is 1. The van der Waals surface area contributed by atoms with E-state index in [0.717, 1.165) is 6.07 Å². The SMILES string of the molecule is O=Cc1ccnc(Br)c1OC(F)(F)F. The van der Waals surface area contributed by atoms with Gasteiger partial charge < -0.3 is 4.74 Å². The lowest BCUT2D eigenvalue weighted by atomic mass is 10.3. The highest BCUT2D eigenvalue weighted by atomic mass is 79.9. The van der Waals surface area contributed by atoms with Crippen molar-refractivity contribution < 1.29 is 22.7 Å². The molecule has 0 fully saturated rings. The first-order valence-electron chi connectivity index (χ1n) is 3.29. The van der Waals surface area contributed by atoms with E-state index in [1.807, 2.05) is 0 Å². The van der Waals surface area contributed by atoms with E-state index in [1.165, 1.54) is 6.20 Å². The molecule has 0 atom stereocenters. The summed E-state index contributed by atoms with van der Waals surface area (Å²) >= 11 is 2.75. The first-order valence-corrected chi connectivity index (χ1v) is 4.09. The highest BCUT2D eigenvalue weighted by molar-refractivity contribution is 9.10. The lowest BCUT2D eigenvalue weighted by Crippen LogP contribution is -2.18. The maximum absolute atomic E-state index is 11.9. The molecule has 76 valence electrons. The molecule has 0 aromatic carbocycles. The van der Waals surface area contributed by atoms with Crippen LogP contribution in [0.25, 0.3) is 0 Å². The van der Waals surface area contributed by atoms with Gasteiger partial charge in [-0.2, -0.15) is 0 Å². The van der Waals surface area contributed by atoms with E-state index < -0.39 is 12.1 Å². The summed E-state index contributed by atoms with van der Waals surface area (Å²) in [5, 5.41) is 0. The molecular weight excluding hydrogens is 267 g/mol. The Bertz CT molecular complexity index is 353. The standard InChI is InChI=1S/C7H3BrF3NO2/c8-6-5(14-7(9,10)11)4(3-13)1-2-12-6/h1-3H. The Morgan fingerprint density at radius 2 is 2.14 bits per heavy atom. The second kappa shape index (κ2) is 3.95. The van der Waals surface area contributed by atoms with E-state index in [-0.39, 0.29) is 16.5 Å². The van der Waals surface area contributed by atoms with Gasteiger partial charge in [-0.05, 0) is 22.0 Å². The van der Waals surface area contributed by atoms with E-state index in [4.69, 9.17) is 0 Å². The van der Waals surface area contributed by atoms with Crippen molar-refractivity contribution in [3.63, 3.8) is 0 Å². The maximum Gasteiger partial charge on any atom is 0.573 e. The number of ether oxygens (including phenoxy) is 1. The van der Waals surface area contributed by atoms with Crippen LogP contribution in [0.15, 0.2) is 16.9 Å². The van der Waals surface area contributed by atoms with Gasteiger partial charge in [-0.15, -0.1) is 13.2 Å². The summed E-state index contributed by atoms with van der Waals surface area (Å²) in [5.74, 6) is -0.630. The third-order valence-electron chi connectivity index (χ3n) is 1.24. The number of carbonyl (C=O) groups excluding carboxylic acids is 1. The normalized spacial score (nSPS) is 11.1. The third-order valence-corrected chi connectivity index (χ3v) is 1.80. The Morgan fingerprint density at radius 3 is 2.64 bits per heavy atom. The number of halogens is 4. The zero-order valence-corrected chi connectivity index (χ0v) is 8.09. The van der Waals surface area contributed by atoms with Gasteiger partial charge in [-0.3, -0.25) is 4.79 Å². The number of hydrogen-bond acceptors (Lipinski definition) is 3. The highest BCUT2D eigenvalue weighted by Crippen LogP contribution is 2.31. The number of carbonyl (C=O) groups is 1. The van der Waals surface area contributed by atoms with Crippen LogP contribution in [0.4, 0.5) is 13.2 Å². The smallest absolute Gasteiger partial charge is 0.402 e. The van der Waals surface area contributed by atoms with Gasteiger partial charge in [-0.25, -0.2) is 4.98 Å². The van der Waals surface area contributed by atoms with Crippen molar-refractivity contribution in [2.24, 2.45) is 0 Å². The van der Waals surface area contributed by atoms with Gasteiger partial charge in [0.1, 0.15) is 4.60 Å². The van der Waals surface area contributed by atoms with E-state index >= 15 is 0 Å². The number of aromatic nitrogens is 1. The molecule has 0 spiro atoms. The van der Waals surface area contributed by atoms with Crippen LogP contribution in [-0.4, -0.2) is 17.6 Å². The summed E-state index contributed by atoms with van der Waals surface area (Å²) in [5.41, 5.74) is -0.218. The monoisotopic (exact) mass is 269 g/mol. The van der Waals surface area contributed by atoms with Gasteiger partial charge in [0.2, 0.25) is 0 Å². The van der Waals surface area contributed by atoms with Gasteiger partial charge in [-0.1, -0.05) is 0 Å². The van der Waals surface area contributed by atoms with E-state index in [0.29, 0.717) is 0 Å². The molecule has 0 N–H and O–H groups in total. The summed E-state index contributed by atoms with van der Waals surface area (Å²) in [7, 11) is 0. The molecule has 0 bridgehead atoms. The molecule has 0 amide bonds. The number of nitrogens with zero attached hydrogens (tertiary/aromatic N) is 1. The quantitative estimate of drug-likeness (QED) is 0.612. The van der Waals surface area contributed by atoms with Crippen LogP contribution < -0.4 is 4.74 Å². The van der Waals surface area contributed by atoms with Crippen molar-refractivity contribution in [3.8, 4) is 5.75 Å². The van der Waals surface area contributed by atoms with Gasteiger partial charge in [0, 0.05) is 6.20 Å². The Morgan fingerprint density at radius 1 is 1.50 bits per heavy atom. The van der Waals surface area contributed by atoms with Crippen molar-refractivity contribution >= 4 is 22.2 Å². The summed E-state index contributed by atoms with van der Waals surface area (Å²) in [4.78, 5) is 13.9. The molecule has 1 rings (SSSR count). The second-order valence-electron chi connectivity index (χ2n) is 2.19. The minimum absolute atomic E-state index is 0.167. The van der Waals surface area contributed by atoms with E-state index in [1.54, 1.807) is 0 Å². The molecule has 1 heterocycles. The zero-order chi connectivity index (χ0) is 10.8. The molecule has 0 unspecified atom stereocenters. The van der Waals surface area contributed by atoms with Crippen molar-refractivity contribution in [2.75, 3.05) is 0 Å². The fraction of sp³-hybridized carbons (Fsp3) is 0.143. The number of alkyl halides is 3. The van der Waals surface area contributed by atoms with Crippen molar-refractivity contribution in [1.29, 1.82) is 0 Å². The van der Waals surface area contributed by atoms with Crippen LogP contribution in [0, 0.1) is 0 Å². The molecule has 14 heavy (non-hydrogen) atoms. The molecule has 0 saturated carbocycles. The molecule has 0 radical (unpaired) electrons. The van der Waals surface area contributed by atoms with Crippen LogP contribution in [0.1, 0.15) is 10.4 Å². The first kappa shape index (κ1) is 11.0. The zero-order valence-electron chi connectivity index (χ0n) is 6.51. The Balaban J connectivity index is 3.11. The van der Waals surface area contributed by atoms with E-state index in [9.17, 15) is 18.0 Å². The topological polar surface area (TPSA) is 39.2 Å². The average Bonchev–Trinajstić information content (AvgIpc) is 2.06. The van der Waals surface area contributed by atoms with E-state index in [2.05, 4.69) is 25.7 Å². The van der Waals surface area contributed by atoms with Crippen LogP contribution in [0.3, 0.4) is 0 Å². The van der Waals surface area contributed by atoms with Crippen molar-refractivity contribution in [3.05, 3.63) is 22.4 Å². The summed E-state index contributed by atoms with van der Waals surface area (Å²) < 4.78 is 39.0. The van der Waals surface area contributed by atoms with Crippen LogP contribution in [0.2, 0.25) is 0 Å². The minimum Gasteiger partial charge on any atom is -0.402 e. The molecule has 0 aliphatic heterocycles. The molecular formula is C7H3BrF3NO2.